The number of aliphatic hydroxyl groups is 1. The van der Waals surface area contributed by atoms with E-state index in [1.807, 2.05) is 38.1 Å². The van der Waals surface area contributed by atoms with Crippen molar-refractivity contribution in [2.45, 2.75) is 20.0 Å². The van der Waals surface area contributed by atoms with Crippen LogP contribution in [0, 0.1) is 6.92 Å². The van der Waals surface area contributed by atoms with Crippen LogP contribution in [-0.4, -0.2) is 92.8 Å². The number of rotatable bonds is 9. The van der Waals surface area contributed by atoms with Gasteiger partial charge in [-0.1, -0.05) is 29.8 Å². The van der Waals surface area contributed by atoms with Crippen molar-refractivity contribution in [1.29, 1.82) is 0 Å². The monoisotopic (exact) mass is 533 g/mol. The van der Waals surface area contributed by atoms with Gasteiger partial charge in [0.2, 0.25) is 5.91 Å². The number of hydrogen-bond acceptors (Lipinski definition) is 5. The molecule has 0 saturated carbocycles. The second-order valence-electron chi connectivity index (χ2n) is 7.23. The van der Waals surface area contributed by atoms with Gasteiger partial charge in [0.25, 0.3) is 0 Å². The van der Waals surface area contributed by atoms with Crippen molar-refractivity contribution >= 4 is 35.8 Å². The van der Waals surface area contributed by atoms with E-state index in [1.165, 1.54) is 5.56 Å². The molecule has 170 valence electrons. The molecule has 0 spiro atoms. The lowest BCUT2D eigenvalue weighted by molar-refractivity contribution is -0.122. The molecular weight excluding hydrogens is 497 g/mol. The zero-order valence-electron chi connectivity index (χ0n) is 18.3. The SMILES string of the molecule is CCNC(=NCC(O)c1ccc(C)cc1)N1CCN(CC(=O)NCCOC)CC1.I. The van der Waals surface area contributed by atoms with Gasteiger partial charge in [-0.15, -0.1) is 24.0 Å². The number of benzene rings is 1. The van der Waals surface area contributed by atoms with E-state index < -0.39 is 6.10 Å². The molecule has 1 aromatic rings. The number of guanidine groups is 1. The third-order valence-corrected chi connectivity index (χ3v) is 4.88. The molecule has 1 aromatic carbocycles. The summed E-state index contributed by atoms with van der Waals surface area (Å²) >= 11 is 0. The van der Waals surface area contributed by atoms with Gasteiger partial charge in [0.1, 0.15) is 0 Å². The number of carbonyl (C=O) groups excluding carboxylic acids is 1. The van der Waals surface area contributed by atoms with Gasteiger partial charge in [-0.2, -0.15) is 0 Å². The second-order valence-corrected chi connectivity index (χ2v) is 7.23. The molecule has 1 aliphatic heterocycles. The van der Waals surface area contributed by atoms with Gasteiger partial charge in [-0.25, -0.2) is 0 Å². The quantitative estimate of drug-likeness (QED) is 0.190. The summed E-state index contributed by atoms with van der Waals surface area (Å²) in [6, 6.07) is 7.88. The summed E-state index contributed by atoms with van der Waals surface area (Å²) in [7, 11) is 1.62. The Labute approximate surface area is 197 Å². The molecule has 30 heavy (non-hydrogen) atoms. The fourth-order valence-electron chi connectivity index (χ4n) is 3.16. The first kappa shape index (κ1) is 26.6. The second kappa shape index (κ2) is 14.6. The van der Waals surface area contributed by atoms with Crippen molar-refractivity contribution in [3.05, 3.63) is 35.4 Å². The fraction of sp³-hybridized carbons (Fsp3) is 0.619. The highest BCUT2D eigenvalue weighted by Gasteiger charge is 2.21. The molecule has 1 aliphatic rings. The van der Waals surface area contributed by atoms with E-state index in [4.69, 9.17) is 4.74 Å². The number of ether oxygens (including phenoxy) is 1. The summed E-state index contributed by atoms with van der Waals surface area (Å²) in [5.74, 6) is 0.833. The van der Waals surface area contributed by atoms with Crippen LogP contribution in [0.15, 0.2) is 29.3 Å². The van der Waals surface area contributed by atoms with Crippen LogP contribution in [-0.2, 0) is 9.53 Å². The normalized spacial score (nSPS) is 16.0. The van der Waals surface area contributed by atoms with Crippen LogP contribution in [0.25, 0.3) is 0 Å². The number of hydrogen-bond donors (Lipinski definition) is 3. The average molecular weight is 533 g/mol. The Kier molecular flexibility index (Phi) is 12.9. The lowest BCUT2D eigenvalue weighted by Gasteiger charge is -2.36. The van der Waals surface area contributed by atoms with Gasteiger partial charge in [0, 0.05) is 46.4 Å². The molecule has 1 fully saturated rings. The molecule has 1 unspecified atom stereocenters. The summed E-state index contributed by atoms with van der Waals surface area (Å²) in [4.78, 5) is 20.9. The van der Waals surface area contributed by atoms with Crippen molar-refractivity contribution in [1.82, 2.24) is 20.4 Å². The van der Waals surface area contributed by atoms with E-state index in [0.29, 0.717) is 26.2 Å². The predicted molar refractivity (Wildman–Crippen MR) is 130 cm³/mol. The summed E-state index contributed by atoms with van der Waals surface area (Å²) < 4.78 is 4.95. The van der Waals surface area contributed by atoms with Gasteiger partial charge in [0.15, 0.2) is 5.96 Å². The molecule has 0 aliphatic carbocycles. The average Bonchev–Trinajstić information content (AvgIpc) is 2.72. The Bertz CT molecular complexity index is 649. The van der Waals surface area contributed by atoms with Crippen molar-refractivity contribution in [3.8, 4) is 0 Å². The number of amides is 1. The number of aliphatic imine (C=N–C) groups is 1. The maximum Gasteiger partial charge on any atom is 0.234 e. The van der Waals surface area contributed by atoms with Crippen LogP contribution >= 0.6 is 24.0 Å². The number of carbonyl (C=O) groups is 1. The van der Waals surface area contributed by atoms with Crippen LogP contribution < -0.4 is 10.6 Å². The molecule has 0 aromatic heterocycles. The minimum Gasteiger partial charge on any atom is -0.386 e. The molecule has 1 atom stereocenters. The maximum atomic E-state index is 12.0. The first-order valence-electron chi connectivity index (χ1n) is 10.3. The minimum atomic E-state index is -0.624. The highest BCUT2D eigenvalue weighted by molar-refractivity contribution is 14.0. The molecule has 0 radical (unpaired) electrons. The van der Waals surface area contributed by atoms with Gasteiger partial charge in [0.05, 0.1) is 25.8 Å². The van der Waals surface area contributed by atoms with Gasteiger partial charge in [-0.05, 0) is 19.4 Å². The van der Waals surface area contributed by atoms with E-state index in [9.17, 15) is 9.90 Å². The maximum absolute atomic E-state index is 12.0. The van der Waals surface area contributed by atoms with Crippen LogP contribution in [0.1, 0.15) is 24.2 Å². The zero-order valence-corrected chi connectivity index (χ0v) is 20.6. The number of nitrogens with zero attached hydrogens (tertiary/aromatic N) is 3. The zero-order chi connectivity index (χ0) is 21.1. The van der Waals surface area contributed by atoms with E-state index in [1.54, 1.807) is 7.11 Å². The molecule has 8 nitrogen and oxygen atoms in total. The van der Waals surface area contributed by atoms with E-state index >= 15 is 0 Å². The molecule has 1 heterocycles. The van der Waals surface area contributed by atoms with E-state index in [2.05, 4.69) is 25.4 Å². The van der Waals surface area contributed by atoms with Gasteiger partial charge < -0.3 is 25.4 Å². The van der Waals surface area contributed by atoms with Crippen molar-refractivity contribution in [2.75, 3.05) is 66.1 Å². The Hall–Kier alpha value is -1.43. The molecule has 0 bridgehead atoms. The predicted octanol–water partition coefficient (Wildman–Crippen LogP) is 0.992. The van der Waals surface area contributed by atoms with E-state index in [0.717, 1.165) is 44.2 Å². The molecule has 1 saturated heterocycles. The Morgan fingerprint density at radius 2 is 1.87 bits per heavy atom. The Morgan fingerprint density at radius 3 is 2.47 bits per heavy atom. The van der Waals surface area contributed by atoms with Crippen LogP contribution in [0.5, 0.6) is 0 Å². The molecule has 2 rings (SSSR count). The number of methoxy groups -OCH3 is 1. The summed E-state index contributed by atoms with van der Waals surface area (Å²) in [5, 5.41) is 16.6. The van der Waals surface area contributed by atoms with Crippen LogP contribution in [0.2, 0.25) is 0 Å². The summed E-state index contributed by atoms with van der Waals surface area (Å²) in [5.41, 5.74) is 2.04. The molecular formula is C21H36IN5O3. The minimum absolute atomic E-state index is 0. The lowest BCUT2D eigenvalue weighted by atomic mass is 10.1. The van der Waals surface area contributed by atoms with E-state index in [-0.39, 0.29) is 29.9 Å². The fourth-order valence-corrected chi connectivity index (χ4v) is 3.16. The van der Waals surface area contributed by atoms with Gasteiger partial charge in [-0.3, -0.25) is 14.7 Å². The van der Waals surface area contributed by atoms with Crippen molar-refractivity contribution < 1.29 is 14.6 Å². The van der Waals surface area contributed by atoms with Crippen molar-refractivity contribution in [3.63, 3.8) is 0 Å². The molecule has 1 amide bonds. The third-order valence-electron chi connectivity index (χ3n) is 4.88. The highest BCUT2D eigenvalue weighted by Crippen LogP contribution is 2.14. The standard InChI is InChI=1S/C21H35N5O3.HI/c1-4-22-21(24-15-19(27)18-7-5-17(2)6-8-18)26-12-10-25(11-13-26)16-20(28)23-9-14-29-3;/h5-8,19,27H,4,9-16H2,1-3H3,(H,22,24)(H,23,28);1H. The number of nitrogens with one attached hydrogen (secondary N) is 2. The lowest BCUT2D eigenvalue weighted by Crippen LogP contribution is -2.54. The van der Waals surface area contributed by atoms with Gasteiger partial charge >= 0.3 is 0 Å². The summed E-state index contributed by atoms with van der Waals surface area (Å²) in [6.45, 7) is 9.77. The summed E-state index contributed by atoms with van der Waals surface area (Å²) in [6.07, 6.45) is -0.624. The number of aryl methyl sites for hydroxylation is 1. The van der Waals surface area contributed by atoms with Crippen LogP contribution in [0.4, 0.5) is 0 Å². The Morgan fingerprint density at radius 1 is 1.20 bits per heavy atom. The smallest absolute Gasteiger partial charge is 0.234 e. The first-order chi connectivity index (χ1) is 14.0. The number of piperazine rings is 1. The molecule has 9 heteroatoms. The van der Waals surface area contributed by atoms with Crippen LogP contribution in [0.3, 0.4) is 0 Å². The molecule has 3 N–H and O–H groups in total. The largest absolute Gasteiger partial charge is 0.386 e. The Balaban J connectivity index is 0.00000450. The topological polar surface area (TPSA) is 89.4 Å². The number of halogens is 1. The number of aliphatic hydroxyl groups excluding tert-OH is 1. The third kappa shape index (κ3) is 9.15. The van der Waals surface area contributed by atoms with Crippen molar-refractivity contribution in [2.24, 2.45) is 4.99 Å². The first-order valence-corrected chi connectivity index (χ1v) is 10.3. The highest BCUT2D eigenvalue weighted by atomic mass is 127.